The number of esters is 1. The maximum Gasteiger partial charge on any atom is 0.344 e. The van der Waals surface area contributed by atoms with E-state index in [1.165, 1.54) is 0 Å². The Morgan fingerprint density at radius 2 is 1.23 bits per heavy atom. The molecule has 2 bridgehead atoms. The molecule has 3 aliphatic carbocycles. The van der Waals surface area contributed by atoms with Gasteiger partial charge in [-0.15, -0.1) is 0 Å². The van der Waals surface area contributed by atoms with Crippen molar-refractivity contribution in [3.63, 3.8) is 0 Å². The minimum atomic E-state index is -3.30. The Morgan fingerprint density at radius 3 is 1.65 bits per heavy atom. The molecule has 1 saturated heterocycles. The van der Waals surface area contributed by atoms with Crippen molar-refractivity contribution in [2.75, 3.05) is 27.9 Å². The van der Waals surface area contributed by atoms with Gasteiger partial charge in [0, 0.05) is 45.5 Å². The Kier molecular flexibility index (Phi) is 16.8. The zero-order chi connectivity index (χ0) is 49.9. The molecular weight excluding hydrogens is 905 g/mol. The summed E-state index contributed by atoms with van der Waals surface area (Å²) in [5.41, 5.74) is -3.82. The first-order chi connectivity index (χ1) is 30.5. The van der Waals surface area contributed by atoms with Crippen LogP contribution >= 0.6 is 0 Å². The van der Waals surface area contributed by atoms with Crippen molar-refractivity contribution >= 4 is 46.5 Å². The number of carbonyl (C=O) groups is 2. The number of Topliss-reactive ketones (excluding diaryl/α,β-unsaturated/α-hetero) is 1. The van der Waals surface area contributed by atoms with Gasteiger partial charge in [0.1, 0.15) is 23.4 Å². The lowest BCUT2D eigenvalue weighted by Gasteiger charge is -2.69. The SMILES string of the molecule is CO[Si](O[C@@H]1C(=O)[C@@]2(C)C([C@H](OC(=O)c3ccccc3)[C@]3(O[SiH](C)C)C[C@H](O[Si](OC)(C(C)C)C(C)C)C(C)=C1C3(C)C)[C@]1(O)COC1C[C@@H]2O[Si](OC)(C(C)C)C(C)C)(C(C)C)C(C)C. The fourth-order valence-electron chi connectivity index (χ4n) is 13.3. The summed E-state index contributed by atoms with van der Waals surface area (Å²) in [5, 5.41) is 13.6. The van der Waals surface area contributed by atoms with Gasteiger partial charge in [-0.3, -0.25) is 4.79 Å². The van der Waals surface area contributed by atoms with Crippen molar-refractivity contribution in [2.45, 2.75) is 212 Å². The maximum atomic E-state index is 17.2. The van der Waals surface area contributed by atoms with Crippen LogP contribution in [0.3, 0.4) is 0 Å². The molecule has 5 rings (SSSR count). The first-order valence-electron chi connectivity index (χ1n) is 24.7. The largest absolute Gasteiger partial charge is 0.455 e. The van der Waals surface area contributed by atoms with Gasteiger partial charge in [-0.2, -0.15) is 0 Å². The number of hydrogen-bond acceptors (Lipinski definition) is 12. The molecule has 0 spiro atoms. The molecule has 1 heterocycles. The van der Waals surface area contributed by atoms with E-state index in [0.717, 1.165) is 11.1 Å². The van der Waals surface area contributed by atoms with Crippen molar-refractivity contribution in [2.24, 2.45) is 16.7 Å². The minimum absolute atomic E-state index is 0.0135. The summed E-state index contributed by atoms with van der Waals surface area (Å²) in [6, 6.07) is 8.93. The first kappa shape index (κ1) is 55.5. The minimum Gasteiger partial charge on any atom is -0.455 e. The Balaban J connectivity index is 2.04. The van der Waals surface area contributed by atoms with E-state index < -0.39 is 99.2 Å². The molecule has 0 amide bonds. The van der Waals surface area contributed by atoms with Gasteiger partial charge in [0.25, 0.3) is 0 Å². The molecule has 0 aromatic heterocycles. The van der Waals surface area contributed by atoms with Gasteiger partial charge in [0.15, 0.2) is 14.8 Å². The van der Waals surface area contributed by atoms with E-state index in [0.29, 0.717) is 5.56 Å². The average molecular weight is 994 g/mol. The van der Waals surface area contributed by atoms with Crippen LogP contribution in [0.2, 0.25) is 46.3 Å². The summed E-state index contributed by atoms with van der Waals surface area (Å²) in [7, 11) is -6.50. The van der Waals surface area contributed by atoms with Crippen molar-refractivity contribution in [3.05, 3.63) is 47.0 Å². The second-order valence-electron chi connectivity index (χ2n) is 22.7. The predicted octanol–water partition coefficient (Wildman–Crippen LogP) is 10.3. The van der Waals surface area contributed by atoms with Crippen molar-refractivity contribution in [1.82, 2.24) is 0 Å². The summed E-state index contributed by atoms with van der Waals surface area (Å²) < 4.78 is 64.0. The third-order valence-electron chi connectivity index (χ3n) is 16.7. The zero-order valence-electron chi connectivity index (χ0n) is 44.5. The number of ketones is 1. The van der Waals surface area contributed by atoms with Gasteiger partial charge in [-0.05, 0) is 83.5 Å². The van der Waals surface area contributed by atoms with Crippen molar-refractivity contribution < 1.29 is 55.2 Å². The van der Waals surface area contributed by atoms with E-state index in [-0.39, 0.29) is 58.5 Å². The zero-order valence-corrected chi connectivity index (χ0v) is 48.6. The van der Waals surface area contributed by atoms with Crippen LogP contribution in [0.4, 0.5) is 0 Å². The molecule has 376 valence electrons. The normalized spacial score (nSPS) is 31.7. The standard InChI is InChI=1S/C50H88O12Si4/c1-30(2)64(54-17,31(3)4)59-38-28-50(62-63(20)21)45(58-46(52)37-25-23-22-24-26-37)43-48(16,39(27-40-49(43,53)29-57-40)60-65(55-18,32(5)6)33(7)8)44(51)42(41(36(38)13)47(50,14)15)61-66(56-19,34(9)10)35(11)12/h22-26,30-35,38-40,42-43,45,53,63H,27-29H2,1-21H3/t38-,39-,40?,42-,43?,45-,48+,49-,50+/m0/s1. The summed E-state index contributed by atoms with van der Waals surface area (Å²) in [4.78, 5) is 32.2. The molecule has 16 heteroatoms. The predicted molar refractivity (Wildman–Crippen MR) is 269 cm³/mol. The van der Waals surface area contributed by atoms with Gasteiger partial charge in [-0.25, -0.2) is 4.79 Å². The summed E-state index contributed by atoms with van der Waals surface area (Å²) in [5.74, 6) is -1.96. The molecule has 9 atom stereocenters. The summed E-state index contributed by atoms with van der Waals surface area (Å²) >= 11 is 0. The highest BCUT2D eigenvalue weighted by atomic mass is 28.4. The lowest BCUT2D eigenvalue weighted by molar-refractivity contribution is -0.341. The fraction of sp³-hybridized carbons (Fsp3) is 0.800. The Bertz CT molecular complexity index is 1880. The van der Waals surface area contributed by atoms with Gasteiger partial charge in [0.2, 0.25) is 0 Å². The molecular formula is C50H88O12Si4. The topological polar surface area (TPSA) is 137 Å². The van der Waals surface area contributed by atoms with Crippen LogP contribution < -0.4 is 0 Å². The van der Waals surface area contributed by atoms with E-state index >= 15 is 9.59 Å². The molecule has 1 aromatic carbocycles. The Morgan fingerprint density at radius 1 is 0.758 bits per heavy atom. The molecule has 1 N–H and O–H groups in total. The summed E-state index contributed by atoms with van der Waals surface area (Å²) in [6.45, 7) is 37.9. The highest BCUT2D eigenvalue weighted by Gasteiger charge is 2.78. The molecule has 1 aromatic rings. The van der Waals surface area contributed by atoms with Crippen LogP contribution in [0.5, 0.6) is 0 Å². The second kappa shape index (κ2) is 20.0. The number of aliphatic hydroxyl groups is 1. The number of rotatable bonds is 19. The van der Waals surface area contributed by atoms with E-state index in [4.69, 9.17) is 40.5 Å². The molecule has 4 aliphatic rings. The number of carbonyl (C=O) groups excluding carboxylic acids is 2. The first-order valence-corrected chi connectivity index (χ1v) is 33.4. The third kappa shape index (κ3) is 8.66. The molecule has 3 fully saturated rings. The Hall–Kier alpha value is -1.39. The maximum absolute atomic E-state index is 17.2. The van der Waals surface area contributed by atoms with E-state index in [9.17, 15) is 5.11 Å². The number of ether oxygens (including phenoxy) is 2. The van der Waals surface area contributed by atoms with Crippen LogP contribution in [0.15, 0.2) is 41.5 Å². The molecule has 66 heavy (non-hydrogen) atoms. The lowest BCUT2D eigenvalue weighted by atomic mass is 9.44. The quantitative estimate of drug-likeness (QED) is 0.0802. The summed E-state index contributed by atoms with van der Waals surface area (Å²) in [6.07, 6.45) is -4.20. The molecule has 12 nitrogen and oxygen atoms in total. The fourth-order valence-corrected chi connectivity index (χ4v) is 25.5. The van der Waals surface area contributed by atoms with Gasteiger partial charge < -0.3 is 45.6 Å². The van der Waals surface area contributed by atoms with Gasteiger partial charge >= 0.3 is 31.7 Å². The van der Waals surface area contributed by atoms with Crippen LogP contribution in [0.25, 0.3) is 0 Å². The smallest absolute Gasteiger partial charge is 0.344 e. The molecule has 1 aliphatic heterocycles. The Labute approximate surface area is 403 Å². The number of benzene rings is 1. The van der Waals surface area contributed by atoms with E-state index in [2.05, 4.69) is 117 Å². The second-order valence-corrected chi connectivity index (χ2v) is 38.3. The molecule has 2 unspecified atom stereocenters. The van der Waals surface area contributed by atoms with Crippen LogP contribution in [0.1, 0.15) is 134 Å². The van der Waals surface area contributed by atoms with E-state index in [1.54, 1.807) is 45.6 Å². The van der Waals surface area contributed by atoms with Crippen LogP contribution in [-0.4, -0.2) is 121 Å². The molecule has 2 saturated carbocycles. The molecule has 0 radical (unpaired) electrons. The van der Waals surface area contributed by atoms with E-state index in [1.807, 2.05) is 13.0 Å². The highest BCUT2D eigenvalue weighted by molar-refractivity contribution is 6.71. The number of fused-ring (bicyclic) bond motifs is 5. The van der Waals surface area contributed by atoms with Gasteiger partial charge in [-0.1, -0.05) is 115 Å². The van der Waals surface area contributed by atoms with Crippen LogP contribution in [-0.2, 0) is 45.3 Å². The average Bonchev–Trinajstić information content (AvgIpc) is 3.23. The third-order valence-corrected chi connectivity index (χ3v) is 31.1. The number of hydrogen-bond donors (Lipinski definition) is 1. The highest BCUT2D eigenvalue weighted by Crippen LogP contribution is 2.66. The lowest BCUT2D eigenvalue weighted by Crippen LogP contribution is -2.82. The van der Waals surface area contributed by atoms with Crippen LogP contribution in [0, 0.1) is 16.7 Å². The monoisotopic (exact) mass is 993 g/mol. The van der Waals surface area contributed by atoms with Gasteiger partial charge in [0.05, 0.1) is 35.9 Å². The van der Waals surface area contributed by atoms with Crippen molar-refractivity contribution in [1.29, 1.82) is 0 Å². The van der Waals surface area contributed by atoms with Crippen molar-refractivity contribution in [3.8, 4) is 0 Å².